The molecule has 34 heavy (non-hydrogen) atoms. The molecule has 2 aromatic heterocycles. The minimum atomic E-state index is -0.716. The first-order chi connectivity index (χ1) is 16.4. The summed E-state index contributed by atoms with van der Waals surface area (Å²) in [7, 11) is 3.05. The Bertz CT molecular complexity index is 1540. The molecular weight excluding hydrogens is 440 g/mol. The molecule has 170 valence electrons. The van der Waals surface area contributed by atoms with Gasteiger partial charge in [0, 0.05) is 17.2 Å². The fourth-order valence-electron chi connectivity index (χ4n) is 3.74. The van der Waals surface area contributed by atoms with Gasteiger partial charge in [0.1, 0.15) is 22.7 Å². The third-order valence-electron chi connectivity index (χ3n) is 5.56. The lowest BCUT2D eigenvalue weighted by Crippen LogP contribution is -2.06. The van der Waals surface area contributed by atoms with E-state index in [0.29, 0.717) is 22.6 Å². The molecule has 5 rings (SSSR count). The number of benzene rings is 3. The van der Waals surface area contributed by atoms with Crippen molar-refractivity contribution in [3.05, 3.63) is 81.1 Å². The van der Waals surface area contributed by atoms with Crippen LogP contribution in [0.2, 0.25) is 0 Å². The van der Waals surface area contributed by atoms with Gasteiger partial charge in [-0.25, -0.2) is 0 Å². The summed E-state index contributed by atoms with van der Waals surface area (Å²) < 4.78 is 22.0. The van der Waals surface area contributed by atoms with E-state index in [1.165, 1.54) is 26.4 Å². The predicted octanol–water partition coefficient (Wildman–Crippen LogP) is 4.66. The quantitative estimate of drug-likeness (QED) is 0.373. The molecule has 2 N–H and O–H groups in total. The molecule has 5 aromatic rings. The summed E-state index contributed by atoms with van der Waals surface area (Å²) in [6.45, 7) is 0. The number of aromatic hydroxyl groups is 2. The molecule has 0 radical (unpaired) electrons. The highest BCUT2D eigenvalue weighted by molar-refractivity contribution is 5.95. The van der Waals surface area contributed by atoms with Gasteiger partial charge in [0.05, 0.1) is 25.0 Å². The lowest BCUT2D eigenvalue weighted by molar-refractivity contribution is 0.414. The SMILES string of the molecule is COc1ccc(-c2oc3cc4oc(-c5ccc(OC)cc5)c(O)c(=O)c4cc3c(=O)c2O)cc1. The third kappa shape index (κ3) is 3.32. The lowest BCUT2D eigenvalue weighted by Gasteiger charge is -2.09. The van der Waals surface area contributed by atoms with Crippen LogP contribution in [0.3, 0.4) is 0 Å². The van der Waals surface area contributed by atoms with Crippen LogP contribution in [-0.2, 0) is 0 Å². The molecule has 0 saturated heterocycles. The van der Waals surface area contributed by atoms with Crippen LogP contribution in [0.1, 0.15) is 0 Å². The molecule has 0 amide bonds. The minimum Gasteiger partial charge on any atom is -0.502 e. The van der Waals surface area contributed by atoms with E-state index in [1.54, 1.807) is 48.5 Å². The molecule has 8 nitrogen and oxygen atoms in total. The van der Waals surface area contributed by atoms with Crippen LogP contribution >= 0.6 is 0 Å². The van der Waals surface area contributed by atoms with Gasteiger partial charge < -0.3 is 28.5 Å². The predicted molar refractivity (Wildman–Crippen MR) is 126 cm³/mol. The summed E-state index contributed by atoms with van der Waals surface area (Å²) in [4.78, 5) is 25.8. The van der Waals surface area contributed by atoms with Crippen molar-refractivity contribution in [1.82, 2.24) is 0 Å². The van der Waals surface area contributed by atoms with Gasteiger partial charge >= 0.3 is 0 Å². The molecule has 0 fully saturated rings. The number of rotatable bonds is 4. The highest BCUT2D eigenvalue weighted by atomic mass is 16.5. The maximum atomic E-state index is 12.9. The molecule has 2 heterocycles. The van der Waals surface area contributed by atoms with Crippen molar-refractivity contribution < 1.29 is 28.5 Å². The summed E-state index contributed by atoms with van der Waals surface area (Å²) in [5.74, 6) is -0.0528. The van der Waals surface area contributed by atoms with Crippen LogP contribution in [0.25, 0.3) is 44.6 Å². The molecular formula is C26H18O8. The Morgan fingerprint density at radius 2 is 1.00 bits per heavy atom. The zero-order chi connectivity index (χ0) is 24.0. The first-order valence-electron chi connectivity index (χ1n) is 10.2. The van der Waals surface area contributed by atoms with E-state index in [0.717, 1.165) is 0 Å². The molecule has 0 atom stereocenters. The smallest absolute Gasteiger partial charge is 0.235 e. The minimum absolute atomic E-state index is 0.0221. The van der Waals surface area contributed by atoms with Gasteiger partial charge in [-0.2, -0.15) is 0 Å². The van der Waals surface area contributed by atoms with E-state index in [9.17, 15) is 19.8 Å². The van der Waals surface area contributed by atoms with Gasteiger partial charge in [-0.15, -0.1) is 0 Å². The Labute approximate surface area is 191 Å². The second-order valence-corrected chi connectivity index (χ2v) is 7.52. The maximum absolute atomic E-state index is 12.9. The first kappa shape index (κ1) is 21.1. The molecule has 3 aromatic carbocycles. The van der Waals surface area contributed by atoms with E-state index >= 15 is 0 Å². The van der Waals surface area contributed by atoms with E-state index in [1.807, 2.05) is 0 Å². The maximum Gasteiger partial charge on any atom is 0.235 e. The standard InChI is InChI=1S/C26H18O8/c1-31-15-7-3-13(4-8-15)25-23(29)21(27)17-11-18-20(12-19(17)33-25)34-26(24(30)22(18)28)14-5-9-16(32-2)10-6-14/h3-12,29-30H,1-2H3. The molecule has 0 aliphatic rings. The summed E-state index contributed by atoms with van der Waals surface area (Å²) in [5, 5.41) is 21.0. The topological polar surface area (TPSA) is 119 Å². The van der Waals surface area contributed by atoms with Crippen LogP contribution in [0.4, 0.5) is 0 Å². The number of fused-ring (bicyclic) bond motifs is 2. The molecule has 0 aliphatic heterocycles. The van der Waals surface area contributed by atoms with Gasteiger partial charge in [-0.05, 0) is 54.6 Å². The van der Waals surface area contributed by atoms with Gasteiger partial charge in [0.25, 0.3) is 0 Å². The van der Waals surface area contributed by atoms with Crippen molar-refractivity contribution in [2.75, 3.05) is 14.2 Å². The van der Waals surface area contributed by atoms with Crippen LogP contribution in [0, 0.1) is 0 Å². The average molecular weight is 458 g/mol. The van der Waals surface area contributed by atoms with Crippen molar-refractivity contribution in [2.45, 2.75) is 0 Å². The fourth-order valence-corrected chi connectivity index (χ4v) is 3.74. The van der Waals surface area contributed by atoms with Gasteiger partial charge in [-0.1, -0.05) is 0 Å². The van der Waals surface area contributed by atoms with Crippen LogP contribution in [0.5, 0.6) is 23.0 Å². The Hall–Kier alpha value is -4.72. The number of ether oxygens (including phenoxy) is 2. The summed E-state index contributed by atoms with van der Waals surface area (Å²) in [6, 6.07) is 15.9. The van der Waals surface area contributed by atoms with Gasteiger partial charge in [0.2, 0.25) is 22.4 Å². The largest absolute Gasteiger partial charge is 0.502 e. The Kier molecular flexibility index (Phi) is 4.98. The fraction of sp³-hybridized carbons (Fsp3) is 0.0769. The second-order valence-electron chi connectivity index (χ2n) is 7.52. The Morgan fingerprint density at radius 3 is 1.35 bits per heavy atom. The zero-order valence-corrected chi connectivity index (χ0v) is 18.1. The molecule has 0 unspecified atom stereocenters. The second kappa shape index (κ2) is 8.00. The number of methoxy groups -OCH3 is 2. The van der Waals surface area contributed by atoms with Crippen molar-refractivity contribution >= 4 is 21.9 Å². The van der Waals surface area contributed by atoms with Crippen molar-refractivity contribution in [3.8, 4) is 45.6 Å². The molecule has 0 spiro atoms. The average Bonchev–Trinajstić information content (AvgIpc) is 2.88. The highest BCUT2D eigenvalue weighted by Crippen LogP contribution is 2.35. The summed E-state index contributed by atoms with van der Waals surface area (Å²) in [6.07, 6.45) is 0. The number of hydrogen-bond acceptors (Lipinski definition) is 8. The van der Waals surface area contributed by atoms with E-state index in [4.69, 9.17) is 18.3 Å². The Morgan fingerprint density at radius 1 is 0.618 bits per heavy atom. The third-order valence-corrected chi connectivity index (χ3v) is 5.56. The van der Waals surface area contributed by atoms with E-state index in [2.05, 4.69) is 0 Å². The Balaban J connectivity index is 1.74. The zero-order valence-electron chi connectivity index (χ0n) is 18.1. The van der Waals surface area contributed by atoms with Gasteiger partial charge in [0.15, 0.2) is 11.5 Å². The van der Waals surface area contributed by atoms with Crippen LogP contribution in [0.15, 0.2) is 79.1 Å². The molecule has 0 bridgehead atoms. The molecule has 0 saturated carbocycles. The van der Waals surface area contributed by atoms with Crippen molar-refractivity contribution in [3.63, 3.8) is 0 Å². The number of hydrogen-bond donors (Lipinski definition) is 2. The normalized spacial score (nSPS) is 11.1. The van der Waals surface area contributed by atoms with E-state index < -0.39 is 22.4 Å². The summed E-state index contributed by atoms with van der Waals surface area (Å²) >= 11 is 0. The lowest BCUT2D eigenvalue weighted by atomic mass is 10.1. The van der Waals surface area contributed by atoms with Crippen LogP contribution < -0.4 is 20.3 Å². The van der Waals surface area contributed by atoms with Crippen molar-refractivity contribution in [2.24, 2.45) is 0 Å². The molecule has 8 heteroatoms. The molecule has 0 aliphatic carbocycles. The first-order valence-corrected chi connectivity index (χ1v) is 10.2. The monoisotopic (exact) mass is 458 g/mol. The highest BCUT2D eigenvalue weighted by Gasteiger charge is 2.20. The van der Waals surface area contributed by atoms with E-state index in [-0.39, 0.29) is 33.5 Å². The summed E-state index contributed by atoms with van der Waals surface area (Å²) in [5.41, 5.74) is -0.294. The van der Waals surface area contributed by atoms with Crippen molar-refractivity contribution in [1.29, 1.82) is 0 Å². The van der Waals surface area contributed by atoms with Crippen LogP contribution in [-0.4, -0.2) is 24.4 Å². The van der Waals surface area contributed by atoms with Gasteiger partial charge in [-0.3, -0.25) is 9.59 Å².